The van der Waals surface area contributed by atoms with Crippen molar-refractivity contribution in [1.29, 1.82) is 0 Å². The molecule has 108 valence electrons. The normalized spacial score (nSPS) is 46.5. The number of nitrogens with two attached hydrogens (primary N) is 1. The van der Waals surface area contributed by atoms with Crippen LogP contribution in [0.4, 0.5) is 0 Å². The number of nitrogens with zero attached hydrogens (tertiary/aromatic N) is 2. The smallest absolute Gasteiger partial charge is 0.0865 e. The fourth-order valence-electron chi connectivity index (χ4n) is 4.48. The summed E-state index contributed by atoms with van der Waals surface area (Å²) in [5, 5.41) is 11.0. The predicted molar refractivity (Wildman–Crippen MR) is 81.6 cm³/mol. The molecule has 5 rings (SSSR count). The van der Waals surface area contributed by atoms with E-state index in [0.29, 0.717) is 0 Å². The lowest BCUT2D eigenvalue weighted by Crippen LogP contribution is -2.78. The number of halogens is 1. The summed E-state index contributed by atoms with van der Waals surface area (Å²) in [5.74, 6) is 0. The van der Waals surface area contributed by atoms with Crippen molar-refractivity contribution in [2.45, 2.75) is 17.1 Å². The molecule has 0 amide bonds. The molecule has 4 aliphatic heterocycles. The topological polar surface area (TPSA) is 52.7 Å². The summed E-state index contributed by atoms with van der Waals surface area (Å²) in [5.41, 5.74) is 7.02. The Morgan fingerprint density at radius 1 is 1.15 bits per heavy atom. The van der Waals surface area contributed by atoms with E-state index in [9.17, 15) is 5.11 Å². The third-order valence-electron chi connectivity index (χ3n) is 5.25. The summed E-state index contributed by atoms with van der Waals surface area (Å²) in [6, 6.07) is 8.35. The Kier molecular flexibility index (Phi) is 2.82. The molecule has 0 saturated carbocycles. The molecule has 3 unspecified atom stereocenters. The van der Waals surface area contributed by atoms with Crippen LogP contribution in [0.15, 0.2) is 28.7 Å². The molecule has 1 aromatic rings. The second kappa shape index (κ2) is 4.27. The van der Waals surface area contributed by atoms with Gasteiger partial charge in [-0.3, -0.25) is 9.80 Å². The van der Waals surface area contributed by atoms with Gasteiger partial charge in [-0.15, -0.1) is 0 Å². The Morgan fingerprint density at radius 3 is 2.40 bits per heavy atom. The van der Waals surface area contributed by atoms with Crippen LogP contribution in [-0.2, 0) is 5.41 Å². The molecule has 4 fully saturated rings. The van der Waals surface area contributed by atoms with Crippen LogP contribution in [-0.4, -0.2) is 65.8 Å². The van der Waals surface area contributed by atoms with Crippen LogP contribution in [0.25, 0.3) is 0 Å². The van der Waals surface area contributed by atoms with Crippen molar-refractivity contribution in [3.8, 4) is 0 Å². The number of hydrogen-bond acceptors (Lipinski definition) is 4. The fourth-order valence-corrected chi connectivity index (χ4v) is 4.88. The van der Waals surface area contributed by atoms with Crippen molar-refractivity contribution in [2.24, 2.45) is 5.73 Å². The minimum atomic E-state index is -0.505. The second-order valence-corrected chi connectivity index (χ2v) is 7.64. The molecule has 4 heterocycles. The van der Waals surface area contributed by atoms with Gasteiger partial charge in [0, 0.05) is 49.2 Å². The SMILES string of the molecule is NC12CN3CCN(C1)CC(c1cccc(Br)c1)(C3)C2O. The first kappa shape index (κ1) is 13.2. The molecule has 4 bridgehead atoms. The molecule has 4 aliphatic rings. The van der Waals surface area contributed by atoms with Gasteiger partial charge in [0.2, 0.25) is 0 Å². The molecule has 3 atom stereocenters. The predicted octanol–water partition coefficient (Wildman–Crippen LogP) is 0.390. The highest BCUT2D eigenvalue weighted by Gasteiger charge is 2.60. The second-order valence-electron chi connectivity index (χ2n) is 6.72. The van der Waals surface area contributed by atoms with Crippen molar-refractivity contribution < 1.29 is 5.11 Å². The molecular formula is C15H20BrN3O. The Bertz CT molecular complexity index is 534. The van der Waals surface area contributed by atoms with Gasteiger partial charge in [0.1, 0.15) is 0 Å². The molecule has 0 radical (unpaired) electrons. The molecule has 4 nitrogen and oxygen atoms in total. The van der Waals surface area contributed by atoms with Gasteiger partial charge >= 0.3 is 0 Å². The quantitative estimate of drug-likeness (QED) is 0.778. The lowest BCUT2D eigenvalue weighted by molar-refractivity contribution is -0.0889. The lowest BCUT2D eigenvalue weighted by atomic mass is 9.63. The van der Waals surface area contributed by atoms with Crippen molar-refractivity contribution in [1.82, 2.24) is 9.80 Å². The van der Waals surface area contributed by atoms with E-state index in [1.54, 1.807) is 0 Å². The van der Waals surface area contributed by atoms with Gasteiger partial charge in [0.05, 0.1) is 11.6 Å². The van der Waals surface area contributed by atoms with Gasteiger partial charge in [0.15, 0.2) is 0 Å². The van der Waals surface area contributed by atoms with E-state index >= 15 is 0 Å². The summed E-state index contributed by atoms with van der Waals surface area (Å²) in [6.07, 6.45) is -0.477. The highest BCUT2D eigenvalue weighted by molar-refractivity contribution is 9.10. The molecule has 0 aliphatic carbocycles. The summed E-state index contributed by atoms with van der Waals surface area (Å²) in [4.78, 5) is 4.86. The Labute approximate surface area is 127 Å². The average molecular weight is 338 g/mol. The highest BCUT2D eigenvalue weighted by atomic mass is 79.9. The Balaban J connectivity index is 1.87. The molecular weight excluding hydrogens is 318 g/mol. The van der Waals surface area contributed by atoms with Crippen molar-refractivity contribution in [3.63, 3.8) is 0 Å². The number of benzene rings is 1. The van der Waals surface area contributed by atoms with Crippen LogP contribution in [0.2, 0.25) is 0 Å². The van der Waals surface area contributed by atoms with Crippen LogP contribution in [0.1, 0.15) is 5.56 Å². The molecule has 0 aromatic heterocycles. The van der Waals surface area contributed by atoms with Crippen molar-refractivity contribution >= 4 is 15.9 Å². The molecule has 3 N–H and O–H groups in total. The van der Waals surface area contributed by atoms with Crippen molar-refractivity contribution in [3.05, 3.63) is 34.3 Å². The van der Waals surface area contributed by atoms with E-state index in [0.717, 1.165) is 43.7 Å². The number of hydrogen-bond donors (Lipinski definition) is 2. The first-order valence-corrected chi connectivity index (χ1v) is 7.99. The minimum Gasteiger partial charge on any atom is -0.390 e. The zero-order valence-corrected chi connectivity index (χ0v) is 13.0. The summed E-state index contributed by atoms with van der Waals surface area (Å²) in [7, 11) is 0. The Hall–Kier alpha value is -0.460. The molecule has 4 saturated heterocycles. The molecule has 20 heavy (non-hydrogen) atoms. The van der Waals surface area contributed by atoms with Crippen LogP contribution >= 0.6 is 15.9 Å². The maximum absolute atomic E-state index is 11.0. The summed E-state index contributed by atoms with van der Waals surface area (Å²) < 4.78 is 1.06. The van der Waals surface area contributed by atoms with Gasteiger partial charge in [-0.05, 0) is 17.7 Å². The minimum absolute atomic E-state index is 0.258. The number of aliphatic hydroxyl groups excluding tert-OH is 1. The maximum Gasteiger partial charge on any atom is 0.0865 e. The van der Waals surface area contributed by atoms with Gasteiger partial charge < -0.3 is 10.8 Å². The van der Waals surface area contributed by atoms with Crippen LogP contribution in [0.3, 0.4) is 0 Å². The Morgan fingerprint density at radius 2 is 1.80 bits per heavy atom. The van der Waals surface area contributed by atoms with E-state index in [1.807, 2.05) is 6.07 Å². The molecule has 0 spiro atoms. The van der Waals surface area contributed by atoms with E-state index < -0.39 is 11.6 Å². The number of rotatable bonds is 1. The largest absolute Gasteiger partial charge is 0.390 e. The number of piperidine rings is 2. The van der Waals surface area contributed by atoms with Gasteiger partial charge in [-0.25, -0.2) is 0 Å². The van der Waals surface area contributed by atoms with Gasteiger partial charge in [-0.1, -0.05) is 28.1 Å². The van der Waals surface area contributed by atoms with Crippen LogP contribution in [0, 0.1) is 0 Å². The third-order valence-corrected chi connectivity index (χ3v) is 5.74. The van der Waals surface area contributed by atoms with Crippen LogP contribution < -0.4 is 5.73 Å². The van der Waals surface area contributed by atoms with Gasteiger partial charge in [-0.2, -0.15) is 0 Å². The first-order chi connectivity index (χ1) is 9.52. The van der Waals surface area contributed by atoms with Gasteiger partial charge in [0.25, 0.3) is 0 Å². The van der Waals surface area contributed by atoms with Crippen LogP contribution in [0.5, 0.6) is 0 Å². The first-order valence-electron chi connectivity index (χ1n) is 7.20. The zero-order chi connectivity index (χ0) is 14.0. The fraction of sp³-hybridized carbons (Fsp3) is 0.600. The number of fused-ring (bicyclic) bond motifs is 1. The summed E-state index contributed by atoms with van der Waals surface area (Å²) >= 11 is 3.55. The summed E-state index contributed by atoms with van der Waals surface area (Å²) in [6.45, 7) is 5.53. The monoisotopic (exact) mass is 337 g/mol. The van der Waals surface area contributed by atoms with E-state index in [-0.39, 0.29) is 5.41 Å². The van der Waals surface area contributed by atoms with E-state index in [4.69, 9.17) is 5.73 Å². The molecule has 5 heteroatoms. The van der Waals surface area contributed by atoms with E-state index in [2.05, 4.69) is 43.9 Å². The number of aliphatic hydroxyl groups is 1. The third kappa shape index (κ3) is 1.74. The van der Waals surface area contributed by atoms with Crippen molar-refractivity contribution in [2.75, 3.05) is 39.3 Å². The van der Waals surface area contributed by atoms with E-state index in [1.165, 1.54) is 5.56 Å². The average Bonchev–Trinajstić information content (AvgIpc) is 2.63. The highest BCUT2D eigenvalue weighted by Crippen LogP contribution is 2.44. The zero-order valence-electron chi connectivity index (χ0n) is 11.4. The molecule has 1 aromatic carbocycles. The standard InChI is InChI=1S/C15H20BrN3O/c16-12-3-1-2-11(6-12)14-7-18-4-5-19(8-14)10-15(17,9-18)13(14)20/h1-3,6,13,20H,4-5,7-10,17H2. The maximum atomic E-state index is 11.0. The lowest BCUT2D eigenvalue weighted by Gasteiger charge is -2.58.